The number of nitrogens with one attached hydrogen (secondary N) is 1. The average molecular weight is 330 g/mol. The van der Waals surface area contributed by atoms with Crippen molar-refractivity contribution in [1.82, 2.24) is 10.5 Å². The van der Waals surface area contributed by atoms with Crippen LogP contribution in [0.4, 0.5) is 0 Å². The Kier molecular flexibility index (Phi) is 4.22. The minimum Gasteiger partial charge on any atom is -0.488 e. The highest BCUT2D eigenvalue weighted by Crippen LogP contribution is 2.41. The minimum absolute atomic E-state index is 0.203. The number of hydrogen-bond acceptors (Lipinski definition) is 5. The van der Waals surface area contributed by atoms with Crippen LogP contribution in [0.3, 0.4) is 0 Å². The summed E-state index contributed by atoms with van der Waals surface area (Å²) < 4.78 is 16.8. The highest BCUT2D eigenvalue weighted by atomic mass is 16.5. The van der Waals surface area contributed by atoms with E-state index in [-0.39, 0.29) is 11.5 Å². The number of benzene rings is 1. The van der Waals surface area contributed by atoms with E-state index < -0.39 is 0 Å². The topological polar surface area (TPSA) is 73.6 Å². The first kappa shape index (κ1) is 16.4. The molecule has 0 saturated carbocycles. The van der Waals surface area contributed by atoms with Gasteiger partial charge in [0.05, 0.1) is 12.2 Å². The minimum atomic E-state index is -0.209. The molecule has 1 aliphatic heterocycles. The van der Waals surface area contributed by atoms with E-state index in [1.807, 2.05) is 12.1 Å². The van der Waals surface area contributed by atoms with Gasteiger partial charge in [0.2, 0.25) is 0 Å². The number of aryl methyl sites for hydroxylation is 2. The molecule has 1 N–H and O–H groups in total. The van der Waals surface area contributed by atoms with Crippen LogP contribution < -0.4 is 14.8 Å². The molecule has 0 spiro atoms. The van der Waals surface area contributed by atoms with E-state index >= 15 is 0 Å². The monoisotopic (exact) mass is 330 g/mol. The second-order valence-corrected chi connectivity index (χ2v) is 6.59. The first-order valence-corrected chi connectivity index (χ1v) is 8.02. The van der Waals surface area contributed by atoms with E-state index in [1.165, 1.54) is 0 Å². The first-order valence-electron chi connectivity index (χ1n) is 8.02. The number of para-hydroxylation sites is 1. The molecule has 0 bridgehead atoms. The Hall–Kier alpha value is -2.50. The molecule has 1 amide bonds. The number of carbonyl (C=O) groups is 1. The normalized spacial score (nSPS) is 14.8. The van der Waals surface area contributed by atoms with E-state index in [0.717, 1.165) is 17.7 Å². The fraction of sp³-hybridized carbons (Fsp3) is 0.444. The molecule has 0 unspecified atom stereocenters. The maximum absolute atomic E-state index is 12.1. The average Bonchev–Trinajstić information content (AvgIpc) is 3.01. The molecular formula is C18H22N2O4. The highest BCUT2D eigenvalue weighted by molar-refractivity contribution is 5.96. The van der Waals surface area contributed by atoms with Crippen LogP contribution in [0, 0.1) is 13.8 Å². The molecular weight excluding hydrogens is 308 g/mol. The van der Waals surface area contributed by atoms with Gasteiger partial charge in [0.15, 0.2) is 11.5 Å². The van der Waals surface area contributed by atoms with E-state index in [1.54, 1.807) is 13.8 Å². The van der Waals surface area contributed by atoms with Crippen molar-refractivity contribution < 1.29 is 18.8 Å². The van der Waals surface area contributed by atoms with Gasteiger partial charge in [-0.25, -0.2) is 0 Å². The maximum Gasteiger partial charge on any atom is 0.256 e. The molecule has 0 aliphatic carbocycles. The fourth-order valence-electron chi connectivity index (χ4n) is 2.92. The number of rotatable bonds is 5. The van der Waals surface area contributed by atoms with E-state index in [4.69, 9.17) is 14.0 Å². The van der Waals surface area contributed by atoms with Gasteiger partial charge < -0.3 is 19.3 Å². The second-order valence-electron chi connectivity index (χ2n) is 6.59. The highest BCUT2D eigenvalue weighted by Gasteiger charge is 2.32. The van der Waals surface area contributed by atoms with Gasteiger partial charge in [-0.05, 0) is 33.8 Å². The summed E-state index contributed by atoms with van der Waals surface area (Å²) in [5, 5.41) is 6.60. The van der Waals surface area contributed by atoms with Crippen LogP contribution >= 0.6 is 0 Å². The largest absolute Gasteiger partial charge is 0.488 e. The molecule has 0 radical (unpaired) electrons. The van der Waals surface area contributed by atoms with Gasteiger partial charge in [-0.2, -0.15) is 0 Å². The summed E-state index contributed by atoms with van der Waals surface area (Å²) in [5.74, 6) is 1.83. The third-order valence-corrected chi connectivity index (χ3v) is 3.96. The Morgan fingerprint density at radius 1 is 1.38 bits per heavy atom. The van der Waals surface area contributed by atoms with Crippen molar-refractivity contribution in [2.24, 2.45) is 0 Å². The Morgan fingerprint density at radius 3 is 2.88 bits per heavy atom. The van der Waals surface area contributed by atoms with Gasteiger partial charge in [0.1, 0.15) is 23.5 Å². The summed E-state index contributed by atoms with van der Waals surface area (Å²) in [4.78, 5) is 12.1. The van der Waals surface area contributed by atoms with Crippen molar-refractivity contribution in [3.8, 4) is 11.5 Å². The fourth-order valence-corrected chi connectivity index (χ4v) is 2.92. The molecule has 6 nitrogen and oxygen atoms in total. The molecule has 0 saturated heterocycles. The SMILES string of the molecule is Cc1noc(C)c1C(=O)NCCOc1cccc2c1OC(C)(C)C2. The van der Waals surface area contributed by atoms with Gasteiger partial charge >= 0.3 is 0 Å². The predicted molar refractivity (Wildman–Crippen MR) is 88.7 cm³/mol. The lowest BCUT2D eigenvalue weighted by molar-refractivity contribution is 0.0944. The third-order valence-electron chi connectivity index (χ3n) is 3.96. The van der Waals surface area contributed by atoms with Crippen molar-refractivity contribution in [3.05, 3.63) is 40.8 Å². The molecule has 2 aromatic rings. The van der Waals surface area contributed by atoms with Crippen LogP contribution in [0.5, 0.6) is 11.5 Å². The number of ether oxygens (including phenoxy) is 2. The van der Waals surface area contributed by atoms with Crippen molar-refractivity contribution in [3.63, 3.8) is 0 Å². The summed E-state index contributed by atoms with van der Waals surface area (Å²) in [6.45, 7) is 8.32. The molecule has 2 heterocycles. The van der Waals surface area contributed by atoms with Crippen molar-refractivity contribution in [1.29, 1.82) is 0 Å². The number of fused-ring (bicyclic) bond motifs is 1. The summed E-state index contributed by atoms with van der Waals surface area (Å²) in [6.07, 6.45) is 0.863. The van der Waals surface area contributed by atoms with E-state index in [2.05, 4.69) is 30.4 Å². The van der Waals surface area contributed by atoms with Crippen molar-refractivity contribution >= 4 is 5.91 Å². The van der Waals surface area contributed by atoms with Crippen LogP contribution in [0.2, 0.25) is 0 Å². The molecule has 6 heteroatoms. The standard InChI is InChI=1S/C18H22N2O4/c1-11-15(12(2)24-20-11)17(21)19-8-9-22-14-7-5-6-13-10-18(3,4)23-16(13)14/h5-7H,8-10H2,1-4H3,(H,19,21). The summed E-state index contributed by atoms with van der Waals surface area (Å²) in [5.41, 5.74) is 2.01. The lowest BCUT2D eigenvalue weighted by atomic mass is 10.0. The number of hydrogen-bond donors (Lipinski definition) is 1. The quantitative estimate of drug-likeness (QED) is 0.853. The van der Waals surface area contributed by atoms with E-state index in [0.29, 0.717) is 35.9 Å². The van der Waals surface area contributed by atoms with Gasteiger partial charge in [0, 0.05) is 12.0 Å². The van der Waals surface area contributed by atoms with Gasteiger partial charge in [-0.1, -0.05) is 17.3 Å². The molecule has 0 atom stereocenters. The number of aromatic nitrogens is 1. The molecule has 128 valence electrons. The molecule has 1 aliphatic rings. The molecule has 0 fully saturated rings. The van der Waals surface area contributed by atoms with Gasteiger partial charge in [0.25, 0.3) is 5.91 Å². The molecule has 24 heavy (non-hydrogen) atoms. The van der Waals surface area contributed by atoms with Crippen molar-refractivity contribution in [2.75, 3.05) is 13.2 Å². The zero-order valence-electron chi connectivity index (χ0n) is 14.4. The maximum atomic E-state index is 12.1. The summed E-state index contributed by atoms with van der Waals surface area (Å²) in [6, 6.07) is 5.90. The summed E-state index contributed by atoms with van der Waals surface area (Å²) >= 11 is 0. The second kappa shape index (κ2) is 6.19. The Balaban J connectivity index is 1.55. The number of carbonyl (C=O) groups excluding carboxylic acids is 1. The van der Waals surface area contributed by atoms with Gasteiger partial charge in [-0.3, -0.25) is 4.79 Å². The molecule has 1 aromatic carbocycles. The Bertz CT molecular complexity index is 745. The van der Waals surface area contributed by atoms with Crippen LogP contribution in [-0.4, -0.2) is 29.8 Å². The predicted octanol–water partition coefficient (Wildman–Crippen LogP) is 2.81. The Labute approximate surface area is 141 Å². The first-order chi connectivity index (χ1) is 11.4. The zero-order valence-corrected chi connectivity index (χ0v) is 14.4. The zero-order chi connectivity index (χ0) is 17.3. The summed E-state index contributed by atoms with van der Waals surface area (Å²) in [7, 11) is 0. The van der Waals surface area contributed by atoms with Gasteiger partial charge in [-0.15, -0.1) is 0 Å². The van der Waals surface area contributed by atoms with Crippen LogP contribution in [0.1, 0.15) is 41.2 Å². The van der Waals surface area contributed by atoms with E-state index in [9.17, 15) is 4.79 Å². The lowest BCUT2D eigenvalue weighted by Crippen LogP contribution is -2.29. The lowest BCUT2D eigenvalue weighted by Gasteiger charge is -2.18. The van der Waals surface area contributed by atoms with Crippen LogP contribution in [-0.2, 0) is 6.42 Å². The molecule has 3 rings (SSSR count). The Morgan fingerprint density at radius 2 is 2.17 bits per heavy atom. The third kappa shape index (κ3) is 3.22. The smallest absolute Gasteiger partial charge is 0.256 e. The number of nitrogens with zero attached hydrogens (tertiary/aromatic N) is 1. The molecule has 1 aromatic heterocycles. The van der Waals surface area contributed by atoms with Crippen LogP contribution in [0.25, 0.3) is 0 Å². The van der Waals surface area contributed by atoms with Crippen molar-refractivity contribution in [2.45, 2.75) is 39.7 Å². The number of amides is 1. The van der Waals surface area contributed by atoms with Crippen LogP contribution in [0.15, 0.2) is 22.7 Å².